The maximum atomic E-state index is 6.05. The fraction of sp³-hybridized carbons (Fsp3) is 0.250. The molecule has 0 saturated heterocycles. The van der Waals surface area contributed by atoms with Gasteiger partial charge in [0.2, 0.25) is 0 Å². The zero-order valence-electron chi connectivity index (χ0n) is 11.9. The Hall–Kier alpha value is -2.07. The second-order valence-electron chi connectivity index (χ2n) is 4.74. The first-order valence-electron chi connectivity index (χ1n) is 6.63. The number of hydrogen-bond acceptors (Lipinski definition) is 4. The summed E-state index contributed by atoms with van der Waals surface area (Å²) in [5.41, 5.74) is 1.92. The number of hydrogen-bond donors (Lipinski definition) is 1. The van der Waals surface area contributed by atoms with E-state index in [0.29, 0.717) is 11.6 Å². The highest BCUT2D eigenvalue weighted by Crippen LogP contribution is 2.39. The third-order valence-electron chi connectivity index (χ3n) is 3.48. The lowest BCUT2D eigenvalue weighted by atomic mass is 10.1. The standard InChI is InChI=1S/C16H16ClNO3/c1-19-11-4-5-12(14(8-11)20-2)16-9-18-13-6-3-10(17)7-15(13)21-16/h3-8,16,18H,9H2,1-2H3. The fourth-order valence-corrected chi connectivity index (χ4v) is 2.56. The lowest BCUT2D eigenvalue weighted by molar-refractivity contribution is 0.205. The largest absolute Gasteiger partial charge is 0.497 e. The highest BCUT2D eigenvalue weighted by atomic mass is 35.5. The first kappa shape index (κ1) is 13.9. The zero-order chi connectivity index (χ0) is 14.8. The first-order valence-corrected chi connectivity index (χ1v) is 7.01. The van der Waals surface area contributed by atoms with Gasteiger partial charge in [0.25, 0.3) is 0 Å². The molecule has 1 atom stereocenters. The molecule has 0 saturated carbocycles. The van der Waals surface area contributed by atoms with Crippen LogP contribution in [-0.4, -0.2) is 20.8 Å². The molecule has 1 aliphatic heterocycles. The Balaban J connectivity index is 1.92. The van der Waals surface area contributed by atoms with Gasteiger partial charge < -0.3 is 19.5 Å². The molecule has 5 heteroatoms. The van der Waals surface area contributed by atoms with Gasteiger partial charge in [-0.05, 0) is 24.3 Å². The second-order valence-corrected chi connectivity index (χ2v) is 5.17. The highest BCUT2D eigenvalue weighted by Gasteiger charge is 2.24. The summed E-state index contributed by atoms with van der Waals surface area (Å²) in [7, 11) is 3.27. The van der Waals surface area contributed by atoms with E-state index in [1.165, 1.54) is 0 Å². The van der Waals surface area contributed by atoms with Crippen LogP contribution in [-0.2, 0) is 0 Å². The molecule has 0 spiro atoms. The van der Waals surface area contributed by atoms with E-state index in [0.717, 1.165) is 28.5 Å². The van der Waals surface area contributed by atoms with Gasteiger partial charge in [-0.2, -0.15) is 0 Å². The fourth-order valence-electron chi connectivity index (χ4n) is 2.40. The summed E-state index contributed by atoms with van der Waals surface area (Å²) in [6.45, 7) is 0.664. The lowest BCUT2D eigenvalue weighted by Crippen LogP contribution is -2.24. The quantitative estimate of drug-likeness (QED) is 0.933. The number of nitrogens with one attached hydrogen (secondary N) is 1. The van der Waals surface area contributed by atoms with E-state index in [-0.39, 0.29) is 6.10 Å². The van der Waals surface area contributed by atoms with E-state index >= 15 is 0 Å². The van der Waals surface area contributed by atoms with Gasteiger partial charge >= 0.3 is 0 Å². The number of rotatable bonds is 3. The molecule has 21 heavy (non-hydrogen) atoms. The molecule has 0 aromatic heterocycles. The summed E-state index contributed by atoms with van der Waals surface area (Å²) < 4.78 is 16.7. The molecular formula is C16H16ClNO3. The van der Waals surface area contributed by atoms with Crippen LogP contribution in [0.25, 0.3) is 0 Å². The maximum absolute atomic E-state index is 6.05. The van der Waals surface area contributed by atoms with E-state index in [1.807, 2.05) is 36.4 Å². The van der Waals surface area contributed by atoms with Crippen LogP contribution in [0.5, 0.6) is 17.2 Å². The van der Waals surface area contributed by atoms with Crippen molar-refractivity contribution in [2.45, 2.75) is 6.10 Å². The molecule has 1 N–H and O–H groups in total. The molecule has 0 radical (unpaired) electrons. The van der Waals surface area contributed by atoms with Crippen LogP contribution in [0.4, 0.5) is 5.69 Å². The minimum atomic E-state index is -0.142. The van der Waals surface area contributed by atoms with Crippen LogP contribution in [0.15, 0.2) is 36.4 Å². The van der Waals surface area contributed by atoms with Crippen LogP contribution < -0.4 is 19.5 Å². The molecule has 4 nitrogen and oxygen atoms in total. The molecule has 2 aromatic carbocycles. The summed E-state index contributed by atoms with van der Waals surface area (Å²) in [5.74, 6) is 2.24. The predicted molar refractivity (Wildman–Crippen MR) is 82.9 cm³/mol. The van der Waals surface area contributed by atoms with Gasteiger partial charge in [0.1, 0.15) is 23.4 Å². The SMILES string of the molecule is COc1ccc(C2CNc3ccc(Cl)cc3O2)c(OC)c1. The number of halogens is 1. The molecule has 2 aromatic rings. The Morgan fingerprint density at radius 2 is 2.00 bits per heavy atom. The molecule has 1 aliphatic rings. The molecule has 3 rings (SSSR count). The number of ether oxygens (including phenoxy) is 3. The van der Waals surface area contributed by atoms with Crippen molar-refractivity contribution in [3.8, 4) is 17.2 Å². The van der Waals surface area contributed by atoms with E-state index < -0.39 is 0 Å². The Morgan fingerprint density at radius 3 is 2.76 bits per heavy atom. The van der Waals surface area contributed by atoms with Crippen LogP contribution in [0.2, 0.25) is 5.02 Å². The van der Waals surface area contributed by atoms with Crippen molar-refractivity contribution < 1.29 is 14.2 Å². The summed E-state index contributed by atoms with van der Waals surface area (Å²) in [4.78, 5) is 0. The summed E-state index contributed by atoms with van der Waals surface area (Å²) in [6.07, 6.45) is -0.142. The highest BCUT2D eigenvalue weighted by molar-refractivity contribution is 6.30. The second kappa shape index (κ2) is 5.74. The van der Waals surface area contributed by atoms with Crippen molar-refractivity contribution in [2.75, 3.05) is 26.1 Å². The lowest BCUT2D eigenvalue weighted by Gasteiger charge is -2.28. The minimum Gasteiger partial charge on any atom is -0.497 e. The molecule has 1 unspecified atom stereocenters. The van der Waals surface area contributed by atoms with Gasteiger partial charge in [-0.3, -0.25) is 0 Å². The third-order valence-corrected chi connectivity index (χ3v) is 3.71. The monoisotopic (exact) mass is 305 g/mol. The number of fused-ring (bicyclic) bond motifs is 1. The predicted octanol–water partition coefficient (Wildman–Crippen LogP) is 3.90. The van der Waals surface area contributed by atoms with Gasteiger partial charge in [0, 0.05) is 22.7 Å². The average Bonchev–Trinajstić information content (AvgIpc) is 2.53. The molecular weight excluding hydrogens is 290 g/mol. The smallest absolute Gasteiger partial charge is 0.145 e. The maximum Gasteiger partial charge on any atom is 0.145 e. The topological polar surface area (TPSA) is 39.7 Å². The molecule has 0 aliphatic carbocycles. The van der Waals surface area contributed by atoms with Crippen molar-refractivity contribution in [3.05, 3.63) is 47.0 Å². The van der Waals surface area contributed by atoms with E-state index in [2.05, 4.69) is 5.32 Å². The van der Waals surface area contributed by atoms with E-state index in [4.69, 9.17) is 25.8 Å². The van der Waals surface area contributed by atoms with E-state index in [9.17, 15) is 0 Å². The van der Waals surface area contributed by atoms with Crippen molar-refractivity contribution in [1.29, 1.82) is 0 Å². The van der Waals surface area contributed by atoms with Crippen molar-refractivity contribution in [3.63, 3.8) is 0 Å². The Bertz CT molecular complexity index is 660. The van der Waals surface area contributed by atoms with Crippen LogP contribution in [0, 0.1) is 0 Å². The Morgan fingerprint density at radius 1 is 1.14 bits per heavy atom. The van der Waals surface area contributed by atoms with Crippen molar-refractivity contribution in [2.24, 2.45) is 0 Å². The molecule has 1 heterocycles. The van der Waals surface area contributed by atoms with Crippen LogP contribution >= 0.6 is 11.6 Å². The van der Waals surface area contributed by atoms with Crippen molar-refractivity contribution >= 4 is 17.3 Å². The third kappa shape index (κ3) is 2.72. The molecule has 0 amide bonds. The average molecular weight is 306 g/mol. The number of anilines is 1. The minimum absolute atomic E-state index is 0.142. The van der Waals surface area contributed by atoms with E-state index in [1.54, 1.807) is 14.2 Å². The van der Waals surface area contributed by atoms with Gasteiger partial charge in [-0.25, -0.2) is 0 Å². The normalized spacial score (nSPS) is 16.4. The van der Waals surface area contributed by atoms with Crippen molar-refractivity contribution in [1.82, 2.24) is 0 Å². The number of methoxy groups -OCH3 is 2. The van der Waals surface area contributed by atoms with Gasteiger partial charge in [-0.1, -0.05) is 11.6 Å². The Kier molecular flexibility index (Phi) is 3.80. The molecule has 0 fully saturated rings. The zero-order valence-corrected chi connectivity index (χ0v) is 12.6. The first-order chi connectivity index (χ1) is 10.2. The van der Waals surface area contributed by atoms with Crippen LogP contribution in [0.3, 0.4) is 0 Å². The van der Waals surface area contributed by atoms with Gasteiger partial charge in [0.05, 0.1) is 26.5 Å². The number of benzene rings is 2. The summed E-state index contributed by atoms with van der Waals surface area (Å²) in [5, 5.41) is 4.00. The molecule has 0 bridgehead atoms. The van der Waals surface area contributed by atoms with Gasteiger partial charge in [-0.15, -0.1) is 0 Å². The molecule has 110 valence electrons. The summed E-state index contributed by atoms with van der Waals surface area (Å²) in [6, 6.07) is 11.3. The Labute approximate surface area is 128 Å². The van der Waals surface area contributed by atoms with Crippen LogP contribution in [0.1, 0.15) is 11.7 Å². The van der Waals surface area contributed by atoms with Gasteiger partial charge in [0.15, 0.2) is 0 Å². The summed E-state index contributed by atoms with van der Waals surface area (Å²) >= 11 is 6.02.